The summed E-state index contributed by atoms with van der Waals surface area (Å²) in [5.41, 5.74) is 6.27. The highest BCUT2D eigenvalue weighted by molar-refractivity contribution is 9.11. The van der Waals surface area contributed by atoms with Gasteiger partial charge in [-0.1, -0.05) is 6.07 Å². The second kappa shape index (κ2) is 6.34. The third-order valence-electron chi connectivity index (χ3n) is 1.89. The lowest BCUT2D eigenvalue weighted by atomic mass is 10.2. The normalized spacial score (nSPS) is 12.2. The van der Waals surface area contributed by atoms with Gasteiger partial charge in [0, 0.05) is 16.1 Å². The Bertz CT molecular complexity index is 365. The first kappa shape index (κ1) is 13.6. The van der Waals surface area contributed by atoms with E-state index >= 15 is 0 Å². The maximum Gasteiger partial charge on any atom is 0.243 e. The molecule has 0 fully saturated rings. The van der Waals surface area contributed by atoms with Gasteiger partial charge in [0.05, 0.1) is 12.3 Å². The minimum absolute atomic E-state index is 0.188. The van der Waals surface area contributed by atoms with Crippen molar-refractivity contribution in [3.63, 3.8) is 0 Å². The molecular weight excluding hydrogens is 340 g/mol. The summed E-state index contributed by atoms with van der Waals surface area (Å²) in [4.78, 5) is 11.6. The van der Waals surface area contributed by atoms with Crippen molar-refractivity contribution in [1.29, 1.82) is 0 Å². The molecule has 0 bridgehead atoms. The number of para-hydroxylation sites is 1. The molecule has 0 saturated carbocycles. The van der Waals surface area contributed by atoms with Gasteiger partial charge in [0.25, 0.3) is 0 Å². The van der Waals surface area contributed by atoms with Crippen molar-refractivity contribution in [3.8, 4) is 0 Å². The third kappa shape index (κ3) is 3.55. The molecule has 0 radical (unpaired) electrons. The summed E-state index contributed by atoms with van der Waals surface area (Å²) in [5.74, 6) is -0.283. The molecule has 4 nitrogen and oxygen atoms in total. The summed E-state index contributed by atoms with van der Waals surface area (Å²) >= 11 is 6.69. The quantitative estimate of drug-likeness (QED) is 0.873. The monoisotopic (exact) mass is 350 g/mol. The van der Waals surface area contributed by atoms with Crippen molar-refractivity contribution in [3.05, 3.63) is 27.1 Å². The Kier molecular flexibility index (Phi) is 5.40. The summed E-state index contributed by atoms with van der Waals surface area (Å²) in [7, 11) is 1.50. The topological polar surface area (TPSA) is 64.3 Å². The van der Waals surface area contributed by atoms with Crippen LogP contribution in [0.5, 0.6) is 0 Å². The Hall–Kier alpha value is -0.430. The molecule has 1 aromatic rings. The van der Waals surface area contributed by atoms with E-state index < -0.39 is 6.04 Å². The van der Waals surface area contributed by atoms with E-state index in [0.29, 0.717) is 5.69 Å². The number of ether oxygens (including phenoxy) is 1. The average molecular weight is 352 g/mol. The highest BCUT2D eigenvalue weighted by atomic mass is 79.9. The van der Waals surface area contributed by atoms with Crippen LogP contribution < -0.4 is 11.1 Å². The second-order valence-electron chi connectivity index (χ2n) is 3.15. The van der Waals surface area contributed by atoms with E-state index in [4.69, 9.17) is 10.5 Å². The summed E-state index contributed by atoms with van der Waals surface area (Å²) in [6, 6.07) is 4.85. The molecule has 88 valence electrons. The van der Waals surface area contributed by atoms with Crippen molar-refractivity contribution >= 4 is 43.5 Å². The molecular formula is C10H12Br2N2O2. The molecule has 6 heteroatoms. The Morgan fingerprint density at radius 1 is 1.50 bits per heavy atom. The van der Waals surface area contributed by atoms with Crippen LogP contribution in [0.4, 0.5) is 5.69 Å². The highest BCUT2D eigenvalue weighted by Crippen LogP contribution is 2.30. The molecule has 0 spiro atoms. The molecule has 1 rings (SSSR count). The number of halogens is 2. The fourth-order valence-corrected chi connectivity index (χ4v) is 2.29. The Labute approximate surface area is 111 Å². The van der Waals surface area contributed by atoms with Gasteiger partial charge in [0.1, 0.15) is 6.04 Å². The largest absolute Gasteiger partial charge is 0.383 e. The fraction of sp³-hybridized carbons (Fsp3) is 0.300. The van der Waals surface area contributed by atoms with Crippen LogP contribution in [-0.2, 0) is 9.53 Å². The molecule has 16 heavy (non-hydrogen) atoms. The summed E-state index contributed by atoms with van der Waals surface area (Å²) in [6.45, 7) is 0.188. The van der Waals surface area contributed by atoms with E-state index in [0.717, 1.165) is 8.95 Å². The van der Waals surface area contributed by atoms with Gasteiger partial charge in [-0.15, -0.1) is 0 Å². The minimum atomic E-state index is -0.677. The first-order valence-corrected chi connectivity index (χ1v) is 6.14. The lowest BCUT2D eigenvalue weighted by Gasteiger charge is -2.13. The van der Waals surface area contributed by atoms with E-state index in [1.54, 1.807) is 0 Å². The maximum atomic E-state index is 11.6. The smallest absolute Gasteiger partial charge is 0.243 e. The number of nitrogens with one attached hydrogen (secondary N) is 1. The van der Waals surface area contributed by atoms with E-state index in [9.17, 15) is 4.79 Å². The third-order valence-corrected chi connectivity index (χ3v) is 3.22. The van der Waals surface area contributed by atoms with Crippen LogP contribution in [0.2, 0.25) is 0 Å². The first-order chi connectivity index (χ1) is 7.56. The maximum absolute atomic E-state index is 11.6. The number of benzene rings is 1. The number of carbonyl (C=O) groups is 1. The molecule has 3 N–H and O–H groups in total. The molecule has 1 atom stereocenters. The minimum Gasteiger partial charge on any atom is -0.383 e. The Balaban J connectivity index is 2.77. The molecule has 0 aliphatic carbocycles. The van der Waals surface area contributed by atoms with Crippen LogP contribution in [0.25, 0.3) is 0 Å². The first-order valence-electron chi connectivity index (χ1n) is 4.55. The predicted molar refractivity (Wildman–Crippen MR) is 70.3 cm³/mol. The highest BCUT2D eigenvalue weighted by Gasteiger charge is 2.15. The van der Waals surface area contributed by atoms with Crippen LogP contribution in [0.1, 0.15) is 0 Å². The van der Waals surface area contributed by atoms with Gasteiger partial charge in [-0.25, -0.2) is 0 Å². The number of nitrogens with two attached hydrogens (primary N) is 1. The van der Waals surface area contributed by atoms with Gasteiger partial charge in [-0.3, -0.25) is 4.79 Å². The number of carbonyl (C=O) groups excluding carboxylic acids is 1. The lowest BCUT2D eigenvalue weighted by Crippen LogP contribution is -2.39. The second-order valence-corrected chi connectivity index (χ2v) is 4.86. The lowest BCUT2D eigenvalue weighted by molar-refractivity contribution is -0.118. The summed E-state index contributed by atoms with van der Waals surface area (Å²) < 4.78 is 6.40. The van der Waals surface area contributed by atoms with Gasteiger partial charge < -0.3 is 15.8 Å². The zero-order valence-corrected chi connectivity index (χ0v) is 11.8. The molecule has 0 heterocycles. The van der Waals surface area contributed by atoms with Crippen LogP contribution in [0.15, 0.2) is 27.1 Å². The number of anilines is 1. The molecule has 1 aromatic carbocycles. The zero-order chi connectivity index (χ0) is 12.1. The zero-order valence-electron chi connectivity index (χ0n) is 8.67. The molecule has 1 amide bonds. The van der Waals surface area contributed by atoms with Gasteiger partial charge in [-0.2, -0.15) is 0 Å². The van der Waals surface area contributed by atoms with E-state index in [1.165, 1.54) is 7.11 Å². The van der Waals surface area contributed by atoms with Crippen LogP contribution in [0.3, 0.4) is 0 Å². The molecule has 0 saturated heterocycles. The molecule has 0 aliphatic heterocycles. The number of amides is 1. The Morgan fingerprint density at radius 3 is 2.56 bits per heavy atom. The summed E-state index contributed by atoms with van der Waals surface area (Å²) in [6.07, 6.45) is 0. The van der Waals surface area contributed by atoms with Crippen molar-refractivity contribution in [1.82, 2.24) is 0 Å². The number of hydrogen-bond donors (Lipinski definition) is 2. The van der Waals surface area contributed by atoms with Crippen molar-refractivity contribution in [2.75, 3.05) is 19.0 Å². The number of hydrogen-bond acceptors (Lipinski definition) is 3. The SMILES string of the molecule is COCC(N)C(=O)Nc1c(Br)cccc1Br. The van der Waals surface area contributed by atoms with Crippen LogP contribution >= 0.6 is 31.9 Å². The van der Waals surface area contributed by atoms with Crippen LogP contribution in [-0.4, -0.2) is 25.7 Å². The van der Waals surface area contributed by atoms with Gasteiger partial charge >= 0.3 is 0 Å². The fourth-order valence-electron chi connectivity index (χ4n) is 1.09. The number of rotatable bonds is 4. The number of methoxy groups -OCH3 is 1. The molecule has 0 aliphatic rings. The Morgan fingerprint density at radius 2 is 2.06 bits per heavy atom. The van der Waals surface area contributed by atoms with Gasteiger partial charge in [0.2, 0.25) is 5.91 Å². The van der Waals surface area contributed by atoms with Crippen molar-refractivity contribution in [2.45, 2.75) is 6.04 Å². The van der Waals surface area contributed by atoms with Gasteiger partial charge in [-0.05, 0) is 44.0 Å². The average Bonchev–Trinajstić information content (AvgIpc) is 2.23. The van der Waals surface area contributed by atoms with E-state index in [2.05, 4.69) is 37.2 Å². The molecule has 1 unspecified atom stereocenters. The van der Waals surface area contributed by atoms with Gasteiger partial charge in [0.15, 0.2) is 0 Å². The predicted octanol–water partition coefficient (Wildman–Crippen LogP) is 2.12. The van der Waals surface area contributed by atoms with Crippen molar-refractivity contribution in [2.24, 2.45) is 5.73 Å². The van der Waals surface area contributed by atoms with Crippen molar-refractivity contribution < 1.29 is 9.53 Å². The summed E-state index contributed by atoms with van der Waals surface area (Å²) in [5, 5.41) is 2.73. The van der Waals surface area contributed by atoms with E-state index in [-0.39, 0.29) is 12.5 Å². The van der Waals surface area contributed by atoms with Crippen LogP contribution in [0, 0.1) is 0 Å². The standard InChI is InChI=1S/C10H12Br2N2O2/c1-16-5-8(13)10(15)14-9-6(11)3-2-4-7(9)12/h2-4,8H,5,13H2,1H3,(H,14,15). The van der Waals surface area contributed by atoms with E-state index in [1.807, 2.05) is 18.2 Å². The molecule has 0 aromatic heterocycles.